The standard InChI is InChI=1S/C24H30N2O3/c1-4-5-10-19-12-13-21-20(16-19)23(25-18(3)27)24(28)26(21)14-8-15-29-22-11-7-6-9-17(22)2/h6-7,9,11-13,16,23H,4-5,8,10,14-15H2,1-3H3,(H,25,27)/t23-/m1/s1. The zero-order valence-corrected chi connectivity index (χ0v) is 17.5. The van der Waals surface area contributed by atoms with E-state index in [1.807, 2.05) is 37.3 Å². The molecule has 0 saturated carbocycles. The van der Waals surface area contributed by atoms with Crippen LogP contribution in [0, 0.1) is 6.92 Å². The fourth-order valence-corrected chi connectivity index (χ4v) is 3.72. The van der Waals surface area contributed by atoms with Crippen LogP contribution in [0.5, 0.6) is 5.75 Å². The molecule has 5 heteroatoms. The highest BCUT2D eigenvalue weighted by atomic mass is 16.5. The van der Waals surface area contributed by atoms with Crippen molar-refractivity contribution in [2.75, 3.05) is 18.1 Å². The number of hydrogen-bond donors (Lipinski definition) is 1. The Balaban J connectivity index is 1.69. The van der Waals surface area contributed by atoms with Gasteiger partial charge in [-0.15, -0.1) is 0 Å². The number of aryl methyl sites for hydroxylation is 2. The van der Waals surface area contributed by atoms with E-state index in [0.717, 1.165) is 41.8 Å². The number of rotatable bonds is 9. The van der Waals surface area contributed by atoms with Crippen LogP contribution in [0.4, 0.5) is 5.69 Å². The lowest BCUT2D eigenvalue weighted by molar-refractivity contribution is -0.126. The monoisotopic (exact) mass is 394 g/mol. The maximum atomic E-state index is 13.0. The molecule has 3 rings (SSSR count). The molecule has 29 heavy (non-hydrogen) atoms. The van der Waals surface area contributed by atoms with Crippen LogP contribution in [0.2, 0.25) is 0 Å². The smallest absolute Gasteiger partial charge is 0.254 e. The van der Waals surface area contributed by atoms with E-state index in [1.54, 1.807) is 4.90 Å². The van der Waals surface area contributed by atoms with Crippen LogP contribution in [0.25, 0.3) is 0 Å². The second-order valence-corrected chi connectivity index (χ2v) is 7.59. The molecule has 2 aromatic carbocycles. The molecule has 0 saturated heterocycles. The zero-order chi connectivity index (χ0) is 20.8. The quantitative estimate of drug-likeness (QED) is 0.644. The average molecular weight is 395 g/mol. The van der Waals surface area contributed by atoms with Gasteiger partial charge in [-0.1, -0.05) is 43.7 Å². The summed E-state index contributed by atoms with van der Waals surface area (Å²) in [6.07, 6.45) is 3.93. The van der Waals surface area contributed by atoms with E-state index in [4.69, 9.17) is 4.74 Å². The Hall–Kier alpha value is -2.82. The molecule has 1 N–H and O–H groups in total. The maximum absolute atomic E-state index is 13.0. The number of nitrogens with one attached hydrogen (secondary N) is 1. The van der Waals surface area contributed by atoms with Gasteiger partial charge in [0.2, 0.25) is 5.91 Å². The van der Waals surface area contributed by atoms with Gasteiger partial charge in [0.1, 0.15) is 11.8 Å². The molecular weight excluding hydrogens is 364 g/mol. The van der Waals surface area contributed by atoms with E-state index in [9.17, 15) is 9.59 Å². The van der Waals surface area contributed by atoms with Crippen LogP contribution in [0.15, 0.2) is 42.5 Å². The summed E-state index contributed by atoms with van der Waals surface area (Å²) in [5.41, 5.74) is 4.10. The molecule has 0 unspecified atom stereocenters. The van der Waals surface area contributed by atoms with Crippen molar-refractivity contribution in [3.63, 3.8) is 0 Å². The number of benzene rings is 2. The second-order valence-electron chi connectivity index (χ2n) is 7.59. The Labute approximate surface area is 173 Å². The largest absolute Gasteiger partial charge is 0.493 e. The summed E-state index contributed by atoms with van der Waals surface area (Å²) >= 11 is 0. The molecule has 2 aromatic rings. The maximum Gasteiger partial charge on any atom is 0.254 e. The van der Waals surface area contributed by atoms with Gasteiger partial charge in [-0.3, -0.25) is 9.59 Å². The van der Waals surface area contributed by atoms with Gasteiger partial charge in [-0.25, -0.2) is 0 Å². The highest BCUT2D eigenvalue weighted by Gasteiger charge is 2.37. The van der Waals surface area contributed by atoms with Gasteiger partial charge >= 0.3 is 0 Å². The number of carbonyl (C=O) groups is 2. The minimum Gasteiger partial charge on any atom is -0.493 e. The summed E-state index contributed by atoms with van der Waals surface area (Å²) in [4.78, 5) is 26.5. The van der Waals surface area contributed by atoms with Crippen molar-refractivity contribution in [3.05, 3.63) is 59.2 Å². The first-order valence-corrected chi connectivity index (χ1v) is 10.4. The summed E-state index contributed by atoms with van der Waals surface area (Å²) in [6, 6.07) is 13.5. The fourth-order valence-electron chi connectivity index (χ4n) is 3.72. The predicted octanol–water partition coefficient (Wildman–Crippen LogP) is 4.33. The lowest BCUT2D eigenvalue weighted by Crippen LogP contribution is -2.37. The first-order chi connectivity index (χ1) is 14.0. The summed E-state index contributed by atoms with van der Waals surface area (Å²) in [6.45, 7) is 6.72. The summed E-state index contributed by atoms with van der Waals surface area (Å²) < 4.78 is 5.87. The number of anilines is 1. The van der Waals surface area contributed by atoms with Gasteiger partial charge in [-0.05, 0) is 49.4 Å². The number of amides is 2. The number of ether oxygens (including phenoxy) is 1. The van der Waals surface area contributed by atoms with Crippen molar-refractivity contribution in [2.45, 2.75) is 52.5 Å². The molecule has 0 fully saturated rings. The number of carbonyl (C=O) groups excluding carboxylic acids is 2. The molecule has 5 nitrogen and oxygen atoms in total. The zero-order valence-electron chi connectivity index (χ0n) is 17.5. The number of unbranched alkanes of at least 4 members (excludes halogenated alkanes) is 1. The number of hydrogen-bond acceptors (Lipinski definition) is 3. The van der Waals surface area contributed by atoms with Crippen molar-refractivity contribution in [1.29, 1.82) is 0 Å². The van der Waals surface area contributed by atoms with Crippen LogP contribution >= 0.6 is 0 Å². The number of fused-ring (bicyclic) bond motifs is 1. The lowest BCUT2D eigenvalue weighted by atomic mass is 10.0. The third-order valence-corrected chi connectivity index (χ3v) is 5.25. The van der Waals surface area contributed by atoms with E-state index in [0.29, 0.717) is 19.6 Å². The Kier molecular flexibility index (Phi) is 6.91. The SMILES string of the molecule is CCCCc1ccc2c(c1)[C@@H](NC(C)=O)C(=O)N2CCCOc1ccccc1C. The molecule has 0 radical (unpaired) electrons. The van der Waals surface area contributed by atoms with Gasteiger partial charge in [0, 0.05) is 24.7 Å². The van der Waals surface area contributed by atoms with Crippen molar-refractivity contribution in [1.82, 2.24) is 5.32 Å². The summed E-state index contributed by atoms with van der Waals surface area (Å²) in [5.74, 6) is 0.606. The first kappa shape index (κ1) is 20.9. The molecule has 0 spiro atoms. The molecule has 1 atom stereocenters. The minimum absolute atomic E-state index is 0.0706. The molecule has 0 aliphatic carbocycles. The molecule has 1 heterocycles. The Morgan fingerprint density at radius 3 is 2.69 bits per heavy atom. The fraction of sp³-hybridized carbons (Fsp3) is 0.417. The predicted molar refractivity (Wildman–Crippen MR) is 115 cm³/mol. The third kappa shape index (κ3) is 4.97. The van der Waals surface area contributed by atoms with Gasteiger partial charge < -0.3 is 15.0 Å². The van der Waals surface area contributed by atoms with E-state index < -0.39 is 6.04 Å². The number of nitrogens with zero attached hydrogens (tertiary/aromatic N) is 1. The molecule has 2 amide bonds. The number of para-hydroxylation sites is 1. The van der Waals surface area contributed by atoms with E-state index in [-0.39, 0.29) is 11.8 Å². The van der Waals surface area contributed by atoms with Crippen LogP contribution in [0.3, 0.4) is 0 Å². The van der Waals surface area contributed by atoms with Crippen LogP contribution in [-0.2, 0) is 16.0 Å². The normalized spacial score (nSPS) is 15.3. The third-order valence-electron chi connectivity index (χ3n) is 5.25. The minimum atomic E-state index is -0.596. The van der Waals surface area contributed by atoms with E-state index in [1.165, 1.54) is 12.5 Å². The lowest BCUT2D eigenvalue weighted by Gasteiger charge is -2.18. The van der Waals surface area contributed by atoms with Crippen molar-refractivity contribution < 1.29 is 14.3 Å². The molecule has 1 aliphatic rings. The van der Waals surface area contributed by atoms with Gasteiger partial charge in [-0.2, -0.15) is 0 Å². The van der Waals surface area contributed by atoms with Crippen LogP contribution in [-0.4, -0.2) is 25.0 Å². The molecule has 0 aromatic heterocycles. The summed E-state index contributed by atoms with van der Waals surface area (Å²) in [7, 11) is 0. The van der Waals surface area contributed by atoms with Gasteiger partial charge in [0.15, 0.2) is 0 Å². The highest BCUT2D eigenvalue weighted by molar-refractivity contribution is 6.06. The average Bonchev–Trinajstić information content (AvgIpc) is 2.95. The van der Waals surface area contributed by atoms with Crippen molar-refractivity contribution in [2.24, 2.45) is 0 Å². The Bertz CT molecular complexity index is 878. The van der Waals surface area contributed by atoms with E-state index >= 15 is 0 Å². The van der Waals surface area contributed by atoms with Crippen molar-refractivity contribution in [3.8, 4) is 5.75 Å². The van der Waals surface area contributed by atoms with Gasteiger partial charge in [0.05, 0.1) is 6.61 Å². The Morgan fingerprint density at radius 1 is 1.17 bits per heavy atom. The first-order valence-electron chi connectivity index (χ1n) is 10.4. The van der Waals surface area contributed by atoms with Crippen LogP contribution < -0.4 is 15.0 Å². The summed E-state index contributed by atoms with van der Waals surface area (Å²) in [5, 5.41) is 2.82. The molecule has 1 aliphatic heterocycles. The molecule has 154 valence electrons. The topological polar surface area (TPSA) is 58.6 Å². The Morgan fingerprint density at radius 2 is 1.97 bits per heavy atom. The van der Waals surface area contributed by atoms with E-state index in [2.05, 4.69) is 24.4 Å². The van der Waals surface area contributed by atoms with Crippen LogP contribution in [0.1, 0.15) is 55.8 Å². The van der Waals surface area contributed by atoms with Crippen molar-refractivity contribution >= 4 is 17.5 Å². The molecular formula is C24H30N2O3. The molecule has 0 bridgehead atoms. The van der Waals surface area contributed by atoms with Gasteiger partial charge in [0.25, 0.3) is 5.91 Å². The second kappa shape index (κ2) is 9.59. The highest BCUT2D eigenvalue weighted by Crippen LogP contribution is 2.37.